The minimum atomic E-state index is -0.382. The van der Waals surface area contributed by atoms with E-state index in [0.29, 0.717) is 53.2 Å². The summed E-state index contributed by atoms with van der Waals surface area (Å²) in [5.74, 6) is -0.382. The number of hydrogen-bond acceptors (Lipinski definition) is 4. The molecular weight excluding hydrogens is 469 g/mol. The first-order valence-corrected chi connectivity index (χ1v) is 11.9. The molecule has 5 aromatic rings. The summed E-state index contributed by atoms with van der Waals surface area (Å²) >= 11 is 0. The van der Waals surface area contributed by atoms with Gasteiger partial charge in [-0.1, -0.05) is 30.3 Å². The molecule has 0 radical (unpaired) electrons. The lowest BCUT2D eigenvalue weighted by Gasteiger charge is -2.27. The van der Waals surface area contributed by atoms with Crippen LogP contribution in [0.3, 0.4) is 0 Å². The van der Waals surface area contributed by atoms with Crippen LogP contribution >= 0.6 is 0 Å². The summed E-state index contributed by atoms with van der Waals surface area (Å²) in [7, 11) is 0. The fraction of sp³-hybridized carbons (Fsp3) is 0.143. The Kier molecular flexibility index (Phi) is 5.42. The number of H-pyrrole nitrogens is 1. The molecular formula is C28H22FN7O. The zero-order chi connectivity index (χ0) is 25.5. The number of benzene rings is 3. The quantitative estimate of drug-likeness (QED) is 0.350. The predicted octanol–water partition coefficient (Wildman–Crippen LogP) is 5.46. The second-order valence-corrected chi connectivity index (χ2v) is 9.02. The summed E-state index contributed by atoms with van der Waals surface area (Å²) in [6, 6.07) is 21.7. The number of nitrogens with one attached hydrogen (secondary N) is 2. The molecule has 9 heteroatoms. The Labute approximate surface area is 212 Å². The van der Waals surface area contributed by atoms with Gasteiger partial charge in [-0.05, 0) is 48.9 Å². The number of carbonyl (C=O) groups is 1. The number of nitrogens with zero attached hydrogens (tertiary/aromatic N) is 5. The van der Waals surface area contributed by atoms with Crippen LogP contribution in [0.15, 0.2) is 66.7 Å². The number of halogens is 1. The van der Waals surface area contributed by atoms with Gasteiger partial charge >= 0.3 is 6.03 Å². The van der Waals surface area contributed by atoms with Crippen LogP contribution in [0, 0.1) is 24.1 Å². The highest BCUT2D eigenvalue weighted by molar-refractivity contribution is 5.97. The molecule has 0 unspecified atom stereocenters. The molecule has 2 aromatic heterocycles. The third kappa shape index (κ3) is 3.98. The van der Waals surface area contributed by atoms with E-state index in [9.17, 15) is 14.4 Å². The predicted molar refractivity (Wildman–Crippen MR) is 138 cm³/mol. The molecule has 2 amide bonds. The Bertz CT molecular complexity index is 1680. The normalized spacial score (nSPS) is 12.8. The van der Waals surface area contributed by atoms with Crippen LogP contribution < -0.4 is 5.32 Å². The van der Waals surface area contributed by atoms with Crippen LogP contribution in [-0.4, -0.2) is 37.5 Å². The maximum Gasteiger partial charge on any atom is 0.322 e. The van der Waals surface area contributed by atoms with Gasteiger partial charge < -0.3 is 10.2 Å². The van der Waals surface area contributed by atoms with Crippen molar-refractivity contribution in [3.63, 3.8) is 0 Å². The maximum absolute atomic E-state index is 14.8. The molecule has 0 spiro atoms. The third-order valence-corrected chi connectivity index (χ3v) is 6.67. The largest absolute Gasteiger partial charge is 0.322 e. The molecule has 182 valence electrons. The summed E-state index contributed by atoms with van der Waals surface area (Å²) < 4.78 is 16.7. The fourth-order valence-corrected chi connectivity index (χ4v) is 4.81. The van der Waals surface area contributed by atoms with E-state index in [4.69, 9.17) is 5.10 Å². The first-order valence-electron chi connectivity index (χ1n) is 11.9. The molecule has 2 N–H and O–H groups in total. The minimum absolute atomic E-state index is 0.167. The SMILES string of the molecule is Cc1cccc(F)c1-c1cc2c(-c3cc4n(n3)CCN(C(=O)Nc3ccccc3)C4)n[nH]c2cc1C#N. The van der Waals surface area contributed by atoms with E-state index in [1.54, 1.807) is 23.1 Å². The number of carbonyl (C=O) groups excluding carboxylic acids is 1. The van der Waals surface area contributed by atoms with Gasteiger partial charge in [-0.2, -0.15) is 15.5 Å². The van der Waals surface area contributed by atoms with Gasteiger partial charge in [-0.25, -0.2) is 9.18 Å². The zero-order valence-corrected chi connectivity index (χ0v) is 20.0. The number of hydrogen-bond donors (Lipinski definition) is 2. The van der Waals surface area contributed by atoms with Crippen molar-refractivity contribution in [2.24, 2.45) is 0 Å². The van der Waals surface area contributed by atoms with E-state index in [-0.39, 0.29) is 11.8 Å². The number of aromatic amines is 1. The number of nitriles is 1. The van der Waals surface area contributed by atoms with Gasteiger partial charge in [0, 0.05) is 28.7 Å². The second-order valence-electron chi connectivity index (χ2n) is 9.02. The van der Waals surface area contributed by atoms with Crippen molar-refractivity contribution in [3.8, 4) is 28.6 Å². The van der Waals surface area contributed by atoms with Crippen LogP contribution in [0.2, 0.25) is 0 Å². The third-order valence-electron chi connectivity index (χ3n) is 6.67. The molecule has 0 bridgehead atoms. The van der Waals surface area contributed by atoms with Crippen molar-refractivity contribution >= 4 is 22.6 Å². The van der Waals surface area contributed by atoms with Crippen molar-refractivity contribution < 1.29 is 9.18 Å². The van der Waals surface area contributed by atoms with Crippen LogP contribution in [0.5, 0.6) is 0 Å². The zero-order valence-electron chi connectivity index (χ0n) is 20.0. The first kappa shape index (κ1) is 22.5. The average molecular weight is 492 g/mol. The topological polar surface area (TPSA) is 103 Å². The number of rotatable bonds is 3. The maximum atomic E-state index is 14.8. The lowest BCUT2D eigenvalue weighted by molar-refractivity contribution is 0.194. The molecule has 37 heavy (non-hydrogen) atoms. The Morgan fingerprint density at radius 2 is 1.95 bits per heavy atom. The Balaban J connectivity index is 1.34. The summed E-state index contributed by atoms with van der Waals surface area (Å²) in [4.78, 5) is 14.5. The summed E-state index contributed by atoms with van der Waals surface area (Å²) in [6.45, 7) is 3.31. The van der Waals surface area contributed by atoms with Crippen LogP contribution in [-0.2, 0) is 13.1 Å². The molecule has 0 atom stereocenters. The van der Waals surface area contributed by atoms with E-state index in [1.807, 2.05) is 54.1 Å². The van der Waals surface area contributed by atoms with Gasteiger partial charge in [0.05, 0.1) is 35.9 Å². The molecule has 0 saturated heterocycles. The number of urea groups is 1. The average Bonchev–Trinajstić information content (AvgIpc) is 3.51. The van der Waals surface area contributed by atoms with Crippen molar-refractivity contribution in [2.45, 2.75) is 20.0 Å². The van der Waals surface area contributed by atoms with Gasteiger partial charge in [0.2, 0.25) is 0 Å². The van der Waals surface area contributed by atoms with Crippen LogP contribution in [0.4, 0.5) is 14.9 Å². The van der Waals surface area contributed by atoms with Crippen LogP contribution in [0.25, 0.3) is 33.4 Å². The molecule has 0 fully saturated rings. The lowest BCUT2D eigenvalue weighted by atomic mass is 9.94. The molecule has 0 aliphatic carbocycles. The van der Waals surface area contributed by atoms with E-state index in [1.165, 1.54) is 6.07 Å². The summed E-state index contributed by atoms with van der Waals surface area (Å²) in [5, 5.41) is 25.6. The highest BCUT2D eigenvalue weighted by Crippen LogP contribution is 2.35. The van der Waals surface area contributed by atoms with Gasteiger partial charge in [0.1, 0.15) is 17.2 Å². The van der Waals surface area contributed by atoms with E-state index in [2.05, 4.69) is 21.6 Å². The Morgan fingerprint density at radius 1 is 1.11 bits per heavy atom. The molecule has 0 saturated carbocycles. The standard InChI is InChI=1S/C28H22FN7O/c1-17-6-5-9-23(29)26(17)21-14-22-24(12-18(21)15-30)32-33-27(22)25-13-20-16-35(10-11-36(20)34-25)28(37)31-19-7-3-2-4-8-19/h2-9,12-14H,10-11,16H2,1H3,(H,31,37)(H,32,33). The monoisotopic (exact) mass is 491 g/mol. The van der Waals surface area contributed by atoms with Gasteiger partial charge in [-0.15, -0.1) is 0 Å². The van der Waals surface area contributed by atoms with Crippen molar-refractivity contribution in [3.05, 3.63) is 89.4 Å². The number of anilines is 1. The Morgan fingerprint density at radius 3 is 2.73 bits per heavy atom. The molecule has 8 nitrogen and oxygen atoms in total. The second kappa shape index (κ2) is 8.91. The smallest absolute Gasteiger partial charge is 0.317 e. The van der Waals surface area contributed by atoms with Crippen molar-refractivity contribution in [1.29, 1.82) is 5.26 Å². The summed E-state index contributed by atoms with van der Waals surface area (Å²) in [5.41, 5.74) is 5.57. The molecule has 6 rings (SSSR count). The number of fused-ring (bicyclic) bond motifs is 2. The number of aryl methyl sites for hydroxylation is 1. The molecule has 3 heterocycles. The minimum Gasteiger partial charge on any atom is -0.317 e. The van der Waals surface area contributed by atoms with Crippen molar-refractivity contribution in [1.82, 2.24) is 24.9 Å². The van der Waals surface area contributed by atoms with E-state index >= 15 is 0 Å². The number of para-hydroxylation sites is 1. The van der Waals surface area contributed by atoms with Gasteiger partial charge in [-0.3, -0.25) is 9.78 Å². The first-order chi connectivity index (χ1) is 18.0. The van der Waals surface area contributed by atoms with Crippen LogP contribution in [0.1, 0.15) is 16.8 Å². The summed E-state index contributed by atoms with van der Waals surface area (Å²) in [6.07, 6.45) is 0. The van der Waals surface area contributed by atoms with Gasteiger partial charge in [0.15, 0.2) is 0 Å². The van der Waals surface area contributed by atoms with E-state index in [0.717, 1.165) is 22.3 Å². The lowest BCUT2D eigenvalue weighted by Crippen LogP contribution is -2.40. The van der Waals surface area contributed by atoms with Gasteiger partial charge in [0.25, 0.3) is 0 Å². The highest BCUT2D eigenvalue weighted by atomic mass is 19.1. The molecule has 3 aromatic carbocycles. The fourth-order valence-electron chi connectivity index (χ4n) is 4.81. The highest BCUT2D eigenvalue weighted by Gasteiger charge is 2.25. The molecule has 1 aliphatic heterocycles. The Hall–Kier alpha value is -4.97. The van der Waals surface area contributed by atoms with Crippen molar-refractivity contribution in [2.75, 3.05) is 11.9 Å². The van der Waals surface area contributed by atoms with E-state index < -0.39 is 0 Å². The number of aromatic nitrogens is 4. The molecule has 1 aliphatic rings. The number of amides is 2.